The quantitative estimate of drug-likeness (QED) is 0.615. The lowest BCUT2D eigenvalue weighted by molar-refractivity contribution is 0.0999. The fraction of sp³-hybridized carbons (Fsp3) is 0.800. The average Bonchev–Trinajstić information content (AvgIpc) is 1.92. The minimum absolute atomic E-state index is 0. The number of hydrogen-bond acceptors (Lipinski definition) is 1. The van der Waals surface area contributed by atoms with Crippen molar-refractivity contribution in [2.45, 2.75) is 48.1 Å². The Labute approximate surface area is 72.1 Å². The van der Waals surface area contributed by atoms with Crippen LogP contribution in [0.5, 0.6) is 0 Å². The first-order valence-electron chi connectivity index (χ1n) is 3.82. The summed E-state index contributed by atoms with van der Waals surface area (Å²) in [5, 5.41) is 9.01. The van der Waals surface area contributed by atoms with E-state index in [9.17, 15) is 0 Å². The van der Waals surface area contributed by atoms with Gasteiger partial charge in [-0.15, -0.1) is 6.58 Å². The molecule has 0 aliphatic rings. The molecule has 70 valence electrons. The molecule has 0 aromatic heterocycles. The van der Waals surface area contributed by atoms with Crippen molar-refractivity contribution in [3.05, 3.63) is 12.7 Å². The molecular formula is C10H24O. The molecule has 0 heterocycles. The van der Waals surface area contributed by atoms with Crippen LogP contribution in [-0.4, -0.2) is 11.2 Å². The van der Waals surface area contributed by atoms with Gasteiger partial charge in [-0.1, -0.05) is 41.2 Å². The van der Waals surface area contributed by atoms with Crippen molar-refractivity contribution >= 4 is 0 Å². The largest absolute Gasteiger partial charge is 0.393 e. The van der Waals surface area contributed by atoms with Crippen LogP contribution in [0.3, 0.4) is 0 Å². The van der Waals surface area contributed by atoms with Gasteiger partial charge in [0.1, 0.15) is 0 Å². The monoisotopic (exact) mass is 160 g/mol. The van der Waals surface area contributed by atoms with Crippen LogP contribution in [0.4, 0.5) is 0 Å². The van der Waals surface area contributed by atoms with Gasteiger partial charge < -0.3 is 5.11 Å². The second-order valence-electron chi connectivity index (χ2n) is 2.70. The Bertz CT molecular complexity index is 82.9. The van der Waals surface area contributed by atoms with Crippen LogP contribution in [0.25, 0.3) is 0 Å². The van der Waals surface area contributed by atoms with Gasteiger partial charge in [-0.05, 0) is 6.92 Å². The van der Waals surface area contributed by atoms with Crippen molar-refractivity contribution in [1.29, 1.82) is 0 Å². The Hall–Kier alpha value is -0.300. The van der Waals surface area contributed by atoms with Gasteiger partial charge in [0.25, 0.3) is 0 Å². The number of rotatable bonds is 2. The first-order valence-corrected chi connectivity index (χ1v) is 3.82. The molecule has 1 N–H and O–H groups in total. The van der Waals surface area contributed by atoms with Gasteiger partial charge in [-0.3, -0.25) is 0 Å². The molecule has 0 aliphatic heterocycles. The van der Waals surface area contributed by atoms with Crippen LogP contribution in [0.2, 0.25) is 0 Å². The summed E-state index contributed by atoms with van der Waals surface area (Å²) in [5.41, 5.74) is -0.139. The van der Waals surface area contributed by atoms with Gasteiger partial charge in [-0.2, -0.15) is 0 Å². The van der Waals surface area contributed by atoms with Crippen LogP contribution in [-0.2, 0) is 0 Å². The summed E-state index contributed by atoms with van der Waals surface area (Å²) in [5.74, 6) is 0. The highest BCUT2D eigenvalue weighted by Crippen LogP contribution is 2.20. The second-order valence-corrected chi connectivity index (χ2v) is 2.70. The molecule has 0 aliphatic carbocycles. The highest BCUT2D eigenvalue weighted by atomic mass is 16.3. The first kappa shape index (κ1) is 17.0. The molecule has 0 saturated heterocycles. The lowest BCUT2D eigenvalue weighted by Gasteiger charge is -2.22. The van der Waals surface area contributed by atoms with E-state index < -0.39 is 0 Å². The Morgan fingerprint density at radius 3 is 1.64 bits per heavy atom. The van der Waals surface area contributed by atoms with Crippen LogP contribution in [0.1, 0.15) is 42.0 Å². The molecule has 0 amide bonds. The Balaban J connectivity index is -0.000000196. The van der Waals surface area contributed by atoms with Crippen molar-refractivity contribution in [2.24, 2.45) is 5.41 Å². The lowest BCUT2D eigenvalue weighted by atomic mass is 9.88. The third kappa shape index (κ3) is 7.60. The molecular weight excluding hydrogens is 136 g/mol. The van der Waals surface area contributed by atoms with Crippen LogP contribution < -0.4 is 0 Å². The van der Waals surface area contributed by atoms with E-state index in [1.807, 2.05) is 27.7 Å². The first-order chi connectivity index (χ1) is 4.50. The zero-order valence-corrected chi connectivity index (χ0v) is 7.81. The zero-order valence-electron chi connectivity index (χ0n) is 7.81. The van der Waals surface area contributed by atoms with Crippen molar-refractivity contribution in [1.82, 2.24) is 0 Å². The Morgan fingerprint density at radius 1 is 1.36 bits per heavy atom. The minimum atomic E-state index is -0.306. The maximum atomic E-state index is 9.01. The highest BCUT2D eigenvalue weighted by Gasteiger charge is 2.18. The van der Waals surface area contributed by atoms with Crippen LogP contribution in [0, 0.1) is 5.41 Å². The summed E-state index contributed by atoms with van der Waals surface area (Å²) in [6, 6.07) is 0. The molecule has 0 spiro atoms. The molecule has 0 radical (unpaired) electrons. The molecule has 0 bridgehead atoms. The molecule has 11 heavy (non-hydrogen) atoms. The second kappa shape index (κ2) is 7.80. The molecule has 0 saturated carbocycles. The normalized spacial score (nSPS) is 11.8. The molecule has 1 nitrogen and oxygen atoms in total. The Morgan fingerprint density at radius 2 is 1.64 bits per heavy atom. The van der Waals surface area contributed by atoms with Crippen molar-refractivity contribution in [3.63, 3.8) is 0 Å². The predicted molar refractivity (Wildman–Crippen MR) is 53.7 cm³/mol. The Kier molecular flexibility index (Phi) is 12.0. The molecule has 0 fully saturated rings. The molecule has 0 aromatic rings. The molecule has 1 heteroatoms. The van der Waals surface area contributed by atoms with E-state index in [0.717, 1.165) is 0 Å². The fourth-order valence-electron chi connectivity index (χ4n) is 0.171. The van der Waals surface area contributed by atoms with Gasteiger partial charge in [-0.25, -0.2) is 0 Å². The maximum Gasteiger partial charge on any atom is 0.0597 e. The van der Waals surface area contributed by atoms with Gasteiger partial charge in [0, 0.05) is 5.41 Å². The lowest BCUT2D eigenvalue weighted by Crippen LogP contribution is -2.23. The number of hydrogen-bond donors (Lipinski definition) is 1. The van der Waals surface area contributed by atoms with Gasteiger partial charge in [0.05, 0.1) is 6.10 Å². The summed E-state index contributed by atoms with van der Waals surface area (Å²) in [6.07, 6.45) is 1.46. The standard InChI is InChI=1S/C7H14O.C2H6.CH4/c1-5-7(3,4)6(2)8;1-2;/h5-6,8H,1H2,2-4H3;1-2H3;1H4/t6-;;/m1../s1. The van der Waals surface area contributed by atoms with Gasteiger partial charge >= 0.3 is 0 Å². The van der Waals surface area contributed by atoms with Crippen LogP contribution in [0.15, 0.2) is 12.7 Å². The summed E-state index contributed by atoms with van der Waals surface area (Å²) in [7, 11) is 0. The molecule has 0 aromatic carbocycles. The summed E-state index contributed by atoms with van der Waals surface area (Å²) < 4.78 is 0. The van der Waals surface area contributed by atoms with E-state index >= 15 is 0 Å². The third-order valence-corrected chi connectivity index (χ3v) is 1.60. The van der Waals surface area contributed by atoms with E-state index in [0.29, 0.717) is 0 Å². The van der Waals surface area contributed by atoms with Crippen molar-refractivity contribution in [2.75, 3.05) is 0 Å². The predicted octanol–water partition coefficient (Wildman–Crippen LogP) is 3.24. The SMILES string of the molecule is C.C=CC(C)(C)[C@@H](C)O.CC. The van der Waals surface area contributed by atoms with Crippen molar-refractivity contribution < 1.29 is 5.11 Å². The average molecular weight is 160 g/mol. The smallest absolute Gasteiger partial charge is 0.0597 e. The zero-order chi connectivity index (χ0) is 8.78. The van der Waals surface area contributed by atoms with E-state index in [1.165, 1.54) is 0 Å². The summed E-state index contributed by atoms with van der Waals surface area (Å²) in [6.45, 7) is 13.3. The molecule has 0 rings (SSSR count). The molecule has 1 atom stereocenters. The van der Waals surface area contributed by atoms with Crippen molar-refractivity contribution in [3.8, 4) is 0 Å². The van der Waals surface area contributed by atoms with Gasteiger partial charge in [0.2, 0.25) is 0 Å². The number of aliphatic hydroxyl groups is 1. The van der Waals surface area contributed by atoms with E-state index in [2.05, 4.69) is 6.58 Å². The van der Waals surface area contributed by atoms with E-state index in [-0.39, 0.29) is 18.9 Å². The topological polar surface area (TPSA) is 20.2 Å². The van der Waals surface area contributed by atoms with Gasteiger partial charge in [0.15, 0.2) is 0 Å². The van der Waals surface area contributed by atoms with Crippen LogP contribution >= 0.6 is 0 Å². The highest BCUT2D eigenvalue weighted by molar-refractivity contribution is 4.90. The maximum absolute atomic E-state index is 9.01. The third-order valence-electron chi connectivity index (χ3n) is 1.60. The molecule has 0 unspecified atom stereocenters. The number of aliphatic hydroxyl groups excluding tert-OH is 1. The van der Waals surface area contributed by atoms with E-state index in [1.54, 1.807) is 13.0 Å². The fourth-order valence-corrected chi connectivity index (χ4v) is 0.171. The van der Waals surface area contributed by atoms with E-state index in [4.69, 9.17) is 5.11 Å². The minimum Gasteiger partial charge on any atom is -0.393 e. The summed E-state index contributed by atoms with van der Waals surface area (Å²) >= 11 is 0. The summed E-state index contributed by atoms with van der Waals surface area (Å²) in [4.78, 5) is 0.